The van der Waals surface area contributed by atoms with Gasteiger partial charge in [0.25, 0.3) is 5.91 Å². The molecule has 2 atom stereocenters. The molecule has 2 rings (SSSR count). The summed E-state index contributed by atoms with van der Waals surface area (Å²) in [7, 11) is 1.68. The lowest BCUT2D eigenvalue weighted by Gasteiger charge is -2.25. The van der Waals surface area contributed by atoms with E-state index in [2.05, 4.69) is 14.9 Å². The van der Waals surface area contributed by atoms with E-state index >= 15 is 0 Å². The lowest BCUT2D eigenvalue weighted by Crippen LogP contribution is -2.44. The maximum atomic E-state index is 11.9. The quantitative estimate of drug-likeness (QED) is 0.675. The molecule has 0 saturated carbocycles. The van der Waals surface area contributed by atoms with Gasteiger partial charge in [-0.25, -0.2) is 0 Å². The van der Waals surface area contributed by atoms with Gasteiger partial charge in [0, 0.05) is 20.1 Å². The Morgan fingerprint density at radius 2 is 2.53 bits per heavy atom. The number of aliphatic hydroxyl groups is 1. The molecule has 1 fully saturated rings. The van der Waals surface area contributed by atoms with E-state index < -0.39 is 6.10 Å². The number of aromatic nitrogens is 2. The van der Waals surface area contributed by atoms with Gasteiger partial charge in [0.15, 0.2) is 0 Å². The van der Waals surface area contributed by atoms with E-state index in [1.165, 1.54) is 6.20 Å². The summed E-state index contributed by atoms with van der Waals surface area (Å²) < 4.78 is 3.64. The Hall–Kier alpha value is -1.05. The molecule has 7 heteroatoms. The molecule has 1 amide bonds. The number of rotatable bonds is 2. The van der Waals surface area contributed by atoms with E-state index in [0.717, 1.165) is 11.5 Å². The zero-order chi connectivity index (χ0) is 10.8. The molecule has 2 heterocycles. The molecule has 1 aliphatic heterocycles. The van der Waals surface area contributed by atoms with E-state index in [0.29, 0.717) is 18.0 Å². The van der Waals surface area contributed by atoms with Gasteiger partial charge in [-0.15, -0.1) is 5.10 Å². The van der Waals surface area contributed by atoms with Crippen molar-refractivity contribution in [2.45, 2.75) is 12.1 Å². The summed E-state index contributed by atoms with van der Waals surface area (Å²) in [6, 6.07) is -0.167. The van der Waals surface area contributed by atoms with Gasteiger partial charge in [0.05, 0.1) is 18.3 Å². The van der Waals surface area contributed by atoms with Crippen molar-refractivity contribution in [3.63, 3.8) is 0 Å². The fourth-order valence-corrected chi connectivity index (χ4v) is 2.13. The highest BCUT2D eigenvalue weighted by molar-refractivity contribution is 7.07. The van der Waals surface area contributed by atoms with Crippen LogP contribution in [0.3, 0.4) is 0 Å². The molecule has 2 N–H and O–H groups in total. The van der Waals surface area contributed by atoms with Gasteiger partial charge in [-0.3, -0.25) is 4.79 Å². The molecular weight excluding hydrogens is 216 g/mol. The molecule has 15 heavy (non-hydrogen) atoms. The Labute approximate surface area is 91.1 Å². The van der Waals surface area contributed by atoms with Crippen LogP contribution >= 0.6 is 11.5 Å². The molecule has 0 aliphatic carbocycles. The molecule has 0 bridgehead atoms. The van der Waals surface area contributed by atoms with Crippen LogP contribution in [0, 0.1) is 0 Å². The number of hydrogen-bond acceptors (Lipinski definition) is 6. The monoisotopic (exact) mass is 228 g/mol. The standard InChI is InChI=1S/C8H12N4O2S/c1-12(5-2-9-3-6(5)13)8(14)7-4-10-11-15-7/h4-6,9,13H,2-3H2,1H3/t5-,6-/m0/s1. The first-order valence-electron chi connectivity index (χ1n) is 4.63. The topological polar surface area (TPSA) is 78.4 Å². The first kappa shape index (κ1) is 10.5. The number of likely N-dealkylation sites (N-methyl/N-ethyl adjacent to an activating group) is 1. The summed E-state index contributed by atoms with van der Waals surface area (Å²) in [4.78, 5) is 13.9. The number of hydrogen-bond donors (Lipinski definition) is 2. The van der Waals surface area contributed by atoms with Crippen LogP contribution in [0.15, 0.2) is 6.20 Å². The molecule has 0 spiro atoms. The second kappa shape index (κ2) is 4.21. The second-order valence-electron chi connectivity index (χ2n) is 3.49. The largest absolute Gasteiger partial charge is 0.390 e. The van der Waals surface area contributed by atoms with Crippen LogP contribution in [0.5, 0.6) is 0 Å². The van der Waals surface area contributed by atoms with E-state index in [4.69, 9.17) is 0 Å². The Balaban J connectivity index is 2.07. The van der Waals surface area contributed by atoms with Crippen LogP contribution in [-0.2, 0) is 0 Å². The minimum atomic E-state index is -0.500. The fraction of sp³-hybridized carbons (Fsp3) is 0.625. The summed E-state index contributed by atoms with van der Waals surface area (Å²) in [6.07, 6.45) is 0.943. The SMILES string of the molecule is CN(C(=O)c1cnns1)[C@H]1CNC[C@@H]1O. The van der Waals surface area contributed by atoms with Crippen molar-refractivity contribution < 1.29 is 9.90 Å². The Kier molecular flexibility index (Phi) is 2.94. The lowest BCUT2D eigenvalue weighted by molar-refractivity contribution is 0.0585. The van der Waals surface area contributed by atoms with Crippen molar-refractivity contribution in [1.82, 2.24) is 19.8 Å². The summed E-state index contributed by atoms with van der Waals surface area (Å²) in [6.45, 7) is 1.15. The van der Waals surface area contributed by atoms with E-state index in [1.807, 2.05) is 0 Å². The van der Waals surface area contributed by atoms with Crippen LogP contribution < -0.4 is 5.32 Å². The average Bonchev–Trinajstić information content (AvgIpc) is 2.85. The predicted octanol–water partition coefficient (Wildman–Crippen LogP) is -1.06. The molecule has 1 aromatic heterocycles. The van der Waals surface area contributed by atoms with Crippen LogP contribution in [-0.4, -0.2) is 57.8 Å². The molecule has 1 aromatic rings. The normalized spacial score (nSPS) is 25.5. The number of β-amino-alcohol motifs (C(OH)–C–C–N with tert-alkyl or cyclic N) is 1. The zero-order valence-electron chi connectivity index (χ0n) is 8.25. The third-order valence-corrected chi connectivity index (χ3v) is 3.19. The number of carbonyl (C=O) groups is 1. The smallest absolute Gasteiger partial charge is 0.267 e. The van der Waals surface area contributed by atoms with Crippen molar-refractivity contribution in [2.24, 2.45) is 0 Å². The van der Waals surface area contributed by atoms with Crippen molar-refractivity contribution in [2.75, 3.05) is 20.1 Å². The van der Waals surface area contributed by atoms with Gasteiger partial charge in [0.1, 0.15) is 4.88 Å². The maximum absolute atomic E-state index is 11.9. The van der Waals surface area contributed by atoms with Gasteiger partial charge in [-0.05, 0) is 11.5 Å². The van der Waals surface area contributed by atoms with Gasteiger partial charge < -0.3 is 15.3 Å². The number of amides is 1. The van der Waals surface area contributed by atoms with Crippen LogP contribution in [0.1, 0.15) is 9.67 Å². The molecule has 6 nitrogen and oxygen atoms in total. The van der Waals surface area contributed by atoms with Gasteiger partial charge >= 0.3 is 0 Å². The van der Waals surface area contributed by atoms with E-state index in [9.17, 15) is 9.90 Å². The number of aliphatic hydroxyl groups excluding tert-OH is 1. The highest BCUT2D eigenvalue weighted by Crippen LogP contribution is 2.13. The summed E-state index contributed by atoms with van der Waals surface area (Å²) in [5.41, 5.74) is 0. The van der Waals surface area contributed by atoms with Crippen molar-refractivity contribution in [1.29, 1.82) is 0 Å². The highest BCUT2D eigenvalue weighted by atomic mass is 32.1. The molecule has 0 unspecified atom stereocenters. The van der Waals surface area contributed by atoms with Crippen molar-refractivity contribution >= 4 is 17.4 Å². The molecule has 0 radical (unpaired) electrons. The van der Waals surface area contributed by atoms with E-state index in [-0.39, 0.29) is 11.9 Å². The first-order valence-corrected chi connectivity index (χ1v) is 5.41. The summed E-state index contributed by atoms with van der Waals surface area (Å²) in [5.74, 6) is -0.141. The van der Waals surface area contributed by atoms with E-state index in [1.54, 1.807) is 11.9 Å². The third-order valence-electron chi connectivity index (χ3n) is 2.54. The Bertz CT molecular complexity index is 342. The number of carbonyl (C=O) groups excluding carboxylic acids is 1. The van der Waals surface area contributed by atoms with Crippen LogP contribution in [0.4, 0.5) is 0 Å². The van der Waals surface area contributed by atoms with Crippen LogP contribution in [0.2, 0.25) is 0 Å². The lowest BCUT2D eigenvalue weighted by atomic mass is 10.2. The average molecular weight is 228 g/mol. The molecule has 1 saturated heterocycles. The zero-order valence-corrected chi connectivity index (χ0v) is 9.07. The second-order valence-corrected chi connectivity index (χ2v) is 4.28. The number of nitrogens with one attached hydrogen (secondary N) is 1. The maximum Gasteiger partial charge on any atom is 0.267 e. The molecular formula is C8H12N4O2S. The molecule has 0 aromatic carbocycles. The fourth-order valence-electron chi connectivity index (χ4n) is 1.63. The van der Waals surface area contributed by atoms with Crippen molar-refractivity contribution in [3.05, 3.63) is 11.1 Å². The van der Waals surface area contributed by atoms with Gasteiger partial charge in [0.2, 0.25) is 0 Å². The molecule has 1 aliphatic rings. The highest BCUT2D eigenvalue weighted by Gasteiger charge is 2.32. The minimum absolute atomic E-state index is 0.141. The van der Waals surface area contributed by atoms with Crippen molar-refractivity contribution in [3.8, 4) is 0 Å². The van der Waals surface area contributed by atoms with Crippen LogP contribution in [0.25, 0.3) is 0 Å². The molecule has 82 valence electrons. The Morgan fingerprint density at radius 1 is 1.73 bits per heavy atom. The summed E-state index contributed by atoms with van der Waals surface area (Å²) >= 11 is 1.07. The Morgan fingerprint density at radius 3 is 3.07 bits per heavy atom. The predicted molar refractivity (Wildman–Crippen MR) is 54.7 cm³/mol. The van der Waals surface area contributed by atoms with Gasteiger partial charge in [-0.2, -0.15) is 0 Å². The minimum Gasteiger partial charge on any atom is -0.390 e. The van der Waals surface area contributed by atoms with Gasteiger partial charge in [-0.1, -0.05) is 4.49 Å². The summed E-state index contributed by atoms with van der Waals surface area (Å²) in [5, 5.41) is 16.3. The third kappa shape index (κ3) is 1.99. The number of nitrogens with zero attached hydrogens (tertiary/aromatic N) is 3. The first-order chi connectivity index (χ1) is 7.20.